The molecule has 0 saturated heterocycles. The first-order valence-electron chi connectivity index (χ1n) is 9.13. The molecule has 0 bridgehead atoms. The number of cyclic esters (lactones) is 1. The lowest BCUT2D eigenvalue weighted by Crippen LogP contribution is -2.41. The average Bonchev–Trinajstić information content (AvgIpc) is 2.53. The van der Waals surface area contributed by atoms with E-state index in [2.05, 4.69) is 6.58 Å². The molecule has 0 saturated carbocycles. The Morgan fingerprint density at radius 3 is 2.62 bits per heavy atom. The Hall–Kier alpha value is -1.88. The summed E-state index contributed by atoms with van der Waals surface area (Å²) in [6.07, 6.45) is 7.11. The normalized spacial score (nSPS) is 35.5. The first-order chi connectivity index (χ1) is 12.1. The zero-order chi connectivity index (χ0) is 19.9. The standard InChI is InChI=1S/C21H32O5/c1-7-8-15(3)20-16(4)9-10-18(25-17(5)22)21(6,24)12-11-14(2)13-19(23)26-20/h7-10,14,16,18,20,24H,1,11-13H2,2-6H3/b10-9+,15-8+/t14-,16+,18+,20-,21-/m1/s1. The van der Waals surface area contributed by atoms with Gasteiger partial charge in [-0.2, -0.15) is 0 Å². The highest BCUT2D eigenvalue weighted by Gasteiger charge is 2.34. The van der Waals surface area contributed by atoms with E-state index >= 15 is 0 Å². The van der Waals surface area contributed by atoms with Gasteiger partial charge < -0.3 is 14.6 Å². The van der Waals surface area contributed by atoms with Crippen LogP contribution in [0, 0.1) is 11.8 Å². The maximum Gasteiger partial charge on any atom is 0.306 e. The number of allylic oxidation sites excluding steroid dienone is 2. The first-order valence-corrected chi connectivity index (χ1v) is 9.13. The SMILES string of the molecule is C=C/C=C(\C)[C@H]1OC(=O)C[C@H](C)CC[C@@](C)(O)[C@@H](OC(C)=O)/C=C/[C@@H]1C. The highest BCUT2D eigenvalue weighted by Crippen LogP contribution is 2.28. The summed E-state index contributed by atoms with van der Waals surface area (Å²) in [5.41, 5.74) is -0.327. The number of carbonyl (C=O) groups is 2. The Morgan fingerprint density at radius 2 is 2.04 bits per heavy atom. The number of esters is 2. The second kappa shape index (κ2) is 9.72. The van der Waals surface area contributed by atoms with Crippen molar-refractivity contribution in [3.05, 3.63) is 36.5 Å². The molecule has 5 nitrogen and oxygen atoms in total. The van der Waals surface area contributed by atoms with Crippen LogP contribution in [0.25, 0.3) is 0 Å². The lowest BCUT2D eigenvalue weighted by atomic mass is 9.87. The van der Waals surface area contributed by atoms with Crippen LogP contribution < -0.4 is 0 Å². The fourth-order valence-corrected chi connectivity index (χ4v) is 3.08. The first kappa shape index (κ1) is 22.2. The summed E-state index contributed by atoms with van der Waals surface area (Å²) in [6.45, 7) is 12.4. The molecule has 0 aliphatic carbocycles. The number of ether oxygens (including phenoxy) is 2. The highest BCUT2D eigenvalue weighted by molar-refractivity contribution is 5.70. The van der Waals surface area contributed by atoms with Gasteiger partial charge in [-0.25, -0.2) is 0 Å². The number of aliphatic hydroxyl groups is 1. The second-order valence-electron chi connectivity index (χ2n) is 7.54. The minimum Gasteiger partial charge on any atom is -0.457 e. The third kappa shape index (κ3) is 6.79. The molecule has 0 radical (unpaired) electrons. The lowest BCUT2D eigenvalue weighted by molar-refractivity contribution is -0.156. The predicted octanol–water partition coefficient (Wildman–Crippen LogP) is 3.73. The van der Waals surface area contributed by atoms with Gasteiger partial charge in [-0.05, 0) is 44.3 Å². The van der Waals surface area contributed by atoms with Crippen molar-refractivity contribution < 1.29 is 24.2 Å². The molecule has 0 amide bonds. The van der Waals surface area contributed by atoms with Gasteiger partial charge in [-0.15, -0.1) is 0 Å². The third-order valence-corrected chi connectivity index (χ3v) is 4.72. The zero-order valence-electron chi connectivity index (χ0n) is 16.5. The van der Waals surface area contributed by atoms with Crippen LogP contribution in [0.15, 0.2) is 36.5 Å². The minimum atomic E-state index is -1.21. The van der Waals surface area contributed by atoms with Crippen LogP contribution in [-0.2, 0) is 19.1 Å². The highest BCUT2D eigenvalue weighted by atomic mass is 16.6. The summed E-state index contributed by atoms with van der Waals surface area (Å²) < 4.78 is 11.1. The van der Waals surface area contributed by atoms with Crippen LogP contribution in [0.2, 0.25) is 0 Å². The molecule has 0 aromatic carbocycles. The van der Waals surface area contributed by atoms with Gasteiger partial charge in [-0.1, -0.05) is 38.7 Å². The Morgan fingerprint density at radius 1 is 1.38 bits per heavy atom. The van der Waals surface area contributed by atoms with Gasteiger partial charge in [0.2, 0.25) is 0 Å². The molecule has 1 aliphatic rings. The van der Waals surface area contributed by atoms with E-state index in [1.807, 2.05) is 32.9 Å². The third-order valence-electron chi connectivity index (χ3n) is 4.72. The largest absolute Gasteiger partial charge is 0.457 e. The fourth-order valence-electron chi connectivity index (χ4n) is 3.08. The quantitative estimate of drug-likeness (QED) is 0.469. The van der Waals surface area contributed by atoms with Gasteiger partial charge in [0.1, 0.15) is 17.8 Å². The average molecular weight is 364 g/mol. The molecule has 0 unspecified atom stereocenters. The molecule has 1 rings (SSSR count). The summed E-state index contributed by atoms with van der Waals surface area (Å²) in [7, 11) is 0. The number of rotatable bonds is 3. The van der Waals surface area contributed by atoms with E-state index in [1.54, 1.807) is 19.1 Å². The molecule has 5 atom stereocenters. The predicted molar refractivity (Wildman–Crippen MR) is 101 cm³/mol. The van der Waals surface area contributed by atoms with Crippen molar-refractivity contribution in [2.45, 2.75) is 71.7 Å². The maximum atomic E-state index is 12.3. The van der Waals surface area contributed by atoms with Crippen LogP contribution in [0.5, 0.6) is 0 Å². The fraction of sp³-hybridized carbons (Fsp3) is 0.619. The Balaban J connectivity index is 3.24. The topological polar surface area (TPSA) is 72.8 Å². The van der Waals surface area contributed by atoms with E-state index in [0.717, 1.165) is 5.57 Å². The number of hydrogen-bond donors (Lipinski definition) is 1. The van der Waals surface area contributed by atoms with Crippen molar-refractivity contribution in [3.63, 3.8) is 0 Å². The molecule has 1 aliphatic heterocycles. The van der Waals surface area contributed by atoms with Gasteiger partial charge in [0.25, 0.3) is 0 Å². The van der Waals surface area contributed by atoms with Gasteiger partial charge in [-0.3, -0.25) is 9.59 Å². The van der Waals surface area contributed by atoms with E-state index in [0.29, 0.717) is 12.8 Å². The molecule has 26 heavy (non-hydrogen) atoms. The van der Waals surface area contributed by atoms with Gasteiger partial charge in [0.05, 0.1) is 0 Å². The molecular weight excluding hydrogens is 332 g/mol. The number of carbonyl (C=O) groups excluding carboxylic acids is 2. The summed E-state index contributed by atoms with van der Waals surface area (Å²) in [5.74, 6) is -0.802. The van der Waals surface area contributed by atoms with Crippen molar-refractivity contribution in [3.8, 4) is 0 Å². The van der Waals surface area contributed by atoms with E-state index in [4.69, 9.17) is 9.47 Å². The minimum absolute atomic E-state index is 0.0509. The lowest BCUT2D eigenvalue weighted by Gasteiger charge is -2.32. The Kier molecular flexibility index (Phi) is 8.28. The van der Waals surface area contributed by atoms with E-state index in [1.165, 1.54) is 6.92 Å². The van der Waals surface area contributed by atoms with E-state index < -0.39 is 23.8 Å². The maximum absolute atomic E-state index is 12.3. The van der Waals surface area contributed by atoms with Gasteiger partial charge in [0.15, 0.2) is 0 Å². The molecule has 146 valence electrons. The van der Waals surface area contributed by atoms with Crippen molar-refractivity contribution in [1.82, 2.24) is 0 Å². The summed E-state index contributed by atoms with van der Waals surface area (Å²) >= 11 is 0. The van der Waals surface area contributed by atoms with Crippen molar-refractivity contribution in [2.75, 3.05) is 0 Å². The summed E-state index contributed by atoms with van der Waals surface area (Å²) in [5, 5.41) is 10.8. The van der Waals surface area contributed by atoms with E-state index in [-0.39, 0.29) is 24.2 Å². The van der Waals surface area contributed by atoms with E-state index in [9.17, 15) is 14.7 Å². The summed E-state index contributed by atoms with van der Waals surface area (Å²) in [4.78, 5) is 23.8. The molecule has 0 spiro atoms. The molecule has 0 aromatic heterocycles. The van der Waals surface area contributed by atoms with Crippen LogP contribution in [-0.4, -0.2) is 34.9 Å². The van der Waals surface area contributed by atoms with Crippen LogP contribution in [0.3, 0.4) is 0 Å². The molecular formula is C21H32O5. The van der Waals surface area contributed by atoms with Crippen molar-refractivity contribution in [2.24, 2.45) is 11.8 Å². The zero-order valence-corrected chi connectivity index (χ0v) is 16.5. The Bertz CT molecular complexity index is 573. The molecule has 0 fully saturated rings. The smallest absolute Gasteiger partial charge is 0.306 e. The van der Waals surface area contributed by atoms with Gasteiger partial charge in [0, 0.05) is 19.3 Å². The molecule has 5 heteroatoms. The number of hydrogen-bond acceptors (Lipinski definition) is 5. The molecule has 1 heterocycles. The van der Waals surface area contributed by atoms with Crippen molar-refractivity contribution >= 4 is 11.9 Å². The molecule has 0 aromatic rings. The van der Waals surface area contributed by atoms with Crippen molar-refractivity contribution in [1.29, 1.82) is 0 Å². The van der Waals surface area contributed by atoms with Crippen LogP contribution in [0.1, 0.15) is 53.9 Å². The van der Waals surface area contributed by atoms with Gasteiger partial charge >= 0.3 is 11.9 Å². The monoisotopic (exact) mass is 364 g/mol. The van der Waals surface area contributed by atoms with Crippen LogP contribution >= 0.6 is 0 Å². The van der Waals surface area contributed by atoms with Crippen LogP contribution in [0.4, 0.5) is 0 Å². The second-order valence-corrected chi connectivity index (χ2v) is 7.54. The Labute approximate surface area is 156 Å². The molecule has 1 N–H and O–H groups in total. The summed E-state index contributed by atoms with van der Waals surface area (Å²) in [6, 6.07) is 0.